The predicted molar refractivity (Wildman–Crippen MR) is 132 cm³/mol. The van der Waals surface area contributed by atoms with Crippen molar-refractivity contribution < 1.29 is 9.13 Å². The van der Waals surface area contributed by atoms with Gasteiger partial charge in [0.1, 0.15) is 29.8 Å². The molecule has 0 bridgehead atoms. The minimum Gasteiger partial charge on any atom is -0.486 e. The number of rotatable bonds is 4. The fourth-order valence-electron chi connectivity index (χ4n) is 4.61. The third-order valence-electron chi connectivity index (χ3n) is 6.48. The Balaban J connectivity index is 1.37. The molecule has 5 nitrogen and oxygen atoms in total. The van der Waals surface area contributed by atoms with Crippen LogP contribution in [0, 0.1) is 5.82 Å². The highest BCUT2D eigenvalue weighted by Gasteiger charge is 2.23. The second kappa shape index (κ2) is 7.83. The van der Waals surface area contributed by atoms with E-state index in [1.165, 1.54) is 0 Å². The minimum atomic E-state index is -0.275. The average molecular weight is 453 g/mol. The molecule has 0 spiro atoms. The number of fused-ring (bicyclic) bond motifs is 5. The van der Waals surface area contributed by atoms with Gasteiger partial charge >= 0.3 is 0 Å². The number of aromatic amines is 2. The van der Waals surface area contributed by atoms with Gasteiger partial charge in [-0.1, -0.05) is 45.0 Å². The second-order valence-electron chi connectivity index (χ2n) is 9.06. The summed E-state index contributed by atoms with van der Waals surface area (Å²) in [6.45, 7) is 6.68. The predicted octanol–water partition coefficient (Wildman–Crippen LogP) is 7.00. The second-order valence-corrected chi connectivity index (χ2v) is 9.06. The maximum Gasteiger partial charge on any atom is 0.137 e. The van der Waals surface area contributed by atoms with Crippen LogP contribution in [0.1, 0.15) is 44.0 Å². The van der Waals surface area contributed by atoms with Crippen LogP contribution in [0.4, 0.5) is 4.39 Å². The van der Waals surface area contributed by atoms with Crippen molar-refractivity contribution in [2.45, 2.75) is 39.7 Å². The van der Waals surface area contributed by atoms with Crippen LogP contribution < -0.4 is 4.74 Å². The van der Waals surface area contributed by atoms with E-state index in [1.807, 2.05) is 18.2 Å². The van der Waals surface area contributed by atoms with Gasteiger partial charge in [-0.3, -0.25) is 0 Å². The van der Waals surface area contributed by atoms with Crippen LogP contribution in [0.15, 0.2) is 54.7 Å². The molecule has 3 heterocycles. The summed E-state index contributed by atoms with van der Waals surface area (Å²) in [6.07, 6.45) is 2.55. The Morgan fingerprint density at radius 3 is 2.56 bits per heavy atom. The van der Waals surface area contributed by atoms with Crippen LogP contribution in [-0.4, -0.2) is 19.9 Å². The smallest absolute Gasteiger partial charge is 0.137 e. The summed E-state index contributed by atoms with van der Waals surface area (Å²) in [4.78, 5) is 15.7. The molecule has 0 saturated heterocycles. The maximum atomic E-state index is 15.1. The van der Waals surface area contributed by atoms with Gasteiger partial charge in [-0.2, -0.15) is 0 Å². The van der Waals surface area contributed by atoms with Gasteiger partial charge < -0.3 is 14.7 Å². The Hall–Kier alpha value is -3.93. The number of benzene rings is 3. The summed E-state index contributed by atoms with van der Waals surface area (Å²) in [7, 11) is 0. The van der Waals surface area contributed by atoms with Crippen molar-refractivity contribution >= 4 is 10.8 Å². The fourth-order valence-corrected chi connectivity index (χ4v) is 4.61. The van der Waals surface area contributed by atoms with E-state index >= 15 is 4.39 Å². The molecule has 0 radical (unpaired) electrons. The molecule has 170 valence electrons. The molecule has 3 aromatic carbocycles. The van der Waals surface area contributed by atoms with Crippen molar-refractivity contribution in [3.8, 4) is 39.4 Å². The zero-order valence-corrected chi connectivity index (χ0v) is 19.4. The van der Waals surface area contributed by atoms with E-state index in [1.54, 1.807) is 12.3 Å². The number of aryl methyl sites for hydroxylation is 1. The largest absolute Gasteiger partial charge is 0.486 e. The molecule has 2 N–H and O–H groups in total. The third-order valence-corrected chi connectivity index (χ3v) is 6.48. The molecule has 0 amide bonds. The summed E-state index contributed by atoms with van der Waals surface area (Å²) in [5.74, 6) is 2.66. The molecule has 0 atom stereocenters. The third kappa shape index (κ3) is 3.29. The van der Waals surface area contributed by atoms with Crippen LogP contribution in [0.5, 0.6) is 5.75 Å². The number of halogens is 1. The molecule has 1 aliphatic heterocycles. The van der Waals surface area contributed by atoms with E-state index in [-0.39, 0.29) is 11.7 Å². The summed E-state index contributed by atoms with van der Waals surface area (Å²) >= 11 is 0. The highest BCUT2D eigenvalue weighted by Crippen LogP contribution is 2.42. The molecule has 1 aliphatic rings. The van der Waals surface area contributed by atoms with E-state index in [0.717, 1.165) is 62.7 Å². The lowest BCUT2D eigenvalue weighted by Crippen LogP contribution is -2.05. The molecular formula is C28H25FN4O. The Morgan fingerprint density at radius 1 is 1.00 bits per heavy atom. The van der Waals surface area contributed by atoms with E-state index in [0.29, 0.717) is 17.9 Å². The van der Waals surface area contributed by atoms with Gasteiger partial charge in [0.2, 0.25) is 0 Å². The first kappa shape index (κ1) is 20.7. The number of nitrogens with one attached hydrogen (secondary N) is 2. The molecule has 0 fully saturated rings. The highest BCUT2D eigenvalue weighted by atomic mass is 19.1. The van der Waals surface area contributed by atoms with Gasteiger partial charge in [0, 0.05) is 28.9 Å². The number of hydrogen-bond donors (Lipinski definition) is 2. The fraction of sp³-hybridized carbons (Fsp3) is 0.214. The molecule has 6 rings (SSSR count). The van der Waals surface area contributed by atoms with Crippen molar-refractivity contribution in [1.29, 1.82) is 0 Å². The lowest BCUT2D eigenvalue weighted by Gasteiger charge is -2.19. The summed E-state index contributed by atoms with van der Waals surface area (Å²) in [6, 6.07) is 15.6. The summed E-state index contributed by atoms with van der Waals surface area (Å²) < 4.78 is 21.2. The Labute approximate surface area is 197 Å². The van der Waals surface area contributed by atoms with E-state index in [9.17, 15) is 0 Å². The van der Waals surface area contributed by atoms with Gasteiger partial charge in [0.25, 0.3) is 0 Å². The van der Waals surface area contributed by atoms with Crippen LogP contribution in [0.3, 0.4) is 0 Å². The SMILES string of the molecule is CCc1nc2c([nH]1)COc1c-2ccc2cc(-c3ccc(-c4cnc(C(C)C)[nH]4)c(F)c3)ccc12. The minimum absolute atomic E-state index is 0.261. The zero-order valence-electron chi connectivity index (χ0n) is 19.4. The molecule has 5 aromatic rings. The number of ether oxygens (including phenoxy) is 1. The first-order valence-electron chi connectivity index (χ1n) is 11.6. The maximum absolute atomic E-state index is 15.1. The first-order valence-corrected chi connectivity index (χ1v) is 11.6. The summed E-state index contributed by atoms with van der Waals surface area (Å²) in [5.41, 5.74) is 6.00. The topological polar surface area (TPSA) is 66.6 Å². The van der Waals surface area contributed by atoms with E-state index in [2.05, 4.69) is 60.0 Å². The van der Waals surface area contributed by atoms with Gasteiger partial charge in [-0.25, -0.2) is 14.4 Å². The molecule has 0 aliphatic carbocycles. The standard InChI is InChI=1S/C28H25FN4O/c1-4-25-31-24-14-34-27-19-8-5-16(11-18(19)7-10-21(27)26(24)33-25)17-6-9-20(22(29)12-17)23-13-30-28(32-23)15(2)3/h5-13,15H,4,14H2,1-3H3,(H,30,32)(H,31,33). The lowest BCUT2D eigenvalue weighted by molar-refractivity contribution is 0.301. The normalized spacial score (nSPS) is 12.6. The Kier molecular flexibility index (Phi) is 4.76. The molecular weight excluding hydrogens is 427 g/mol. The van der Waals surface area contributed by atoms with Crippen LogP contribution in [0.25, 0.3) is 44.4 Å². The Morgan fingerprint density at radius 2 is 1.79 bits per heavy atom. The van der Waals surface area contributed by atoms with Gasteiger partial charge in [-0.15, -0.1) is 0 Å². The van der Waals surface area contributed by atoms with Crippen LogP contribution in [0.2, 0.25) is 0 Å². The van der Waals surface area contributed by atoms with E-state index in [4.69, 9.17) is 9.72 Å². The number of imidazole rings is 2. The molecule has 0 unspecified atom stereocenters. The molecule has 2 aromatic heterocycles. The van der Waals surface area contributed by atoms with Gasteiger partial charge in [0.15, 0.2) is 0 Å². The number of aromatic nitrogens is 4. The van der Waals surface area contributed by atoms with E-state index < -0.39 is 0 Å². The highest BCUT2D eigenvalue weighted by molar-refractivity contribution is 5.97. The summed E-state index contributed by atoms with van der Waals surface area (Å²) in [5, 5.41) is 2.08. The average Bonchev–Trinajstić information content (AvgIpc) is 3.51. The van der Waals surface area contributed by atoms with Crippen molar-refractivity contribution in [2.24, 2.45) is 0 Å². The van der Waals surface area contributed by atoms with Crippen molar-refractivity contribution in [3.63, 3.8) is 0 Å². The van der Waals surface area contributed by atoms with Gasteiger partial charge in [0.05, 0.1) is 23.3 Å². The molecule has 0 saturated carbocycles. The zero-order chi connectivity index (χ0) is 23.4. The van der Waals surface area contributed by atoms with Crippen molar-refractivity contribution in [3.05, 3.63) is 77.9 Å². The number of H-pyrrole nitrogens is 2. The van der Waals surface area contributed by atoms with Crippen LogP contribution >= 0.6 is 0 Å². The van der Waals surface area contributed by atoms with Crippen molar-refractivity contribution in [2.75, 3.05) is 0 Å². The quantitative estimate of drug-likeness (QED) is 0.308. The number of hydrogen-bond acceptors (Lipinski definition) is 3. The van der Waals surface area contributed by atoms with Gasteiger partial charge in [-0.05, 0) is 40.8 Å². The Bertz CT molecular complexity index is 1550. The number of nitrogens with zero attached hydrogens (tertiary/aromatic N) is 2. The monoisotopic (exact) mass is 452 g/mol. The lowest BCUT2D eigenvalue weighted by atomic mass is 9.96. The van der Waals surface area contributed by atoms with Crippen molar-refractivity contribution in [1.82, 2.24) is 19.9 Å². The van der Waals surface area contributed by atoms with Crippen LogP contribution in [-0.2, 0) is 13.0 Å². The molecule has 6 heteroatoms. The first-order chi connectivity index (χ1) is 16.5. The molecule has 34 heavy (non-hydrogen) atoms.